The molecule has 1 N–H and O–H groups in total. The van der Waals surface area contributed by atoms with Crippen LogP contribution in [0.1, 0.15) is 39.0 Å². The lowest BCUT2D eigenvalue weighted by atomic mass is 9.85. The molecule has 1 saturated carbocycles. The number of nitrogens with zero attached hydrogens (tertiary/aromatic N) is 4. The van der Waals surface area contributed by atoms with E-state index in [1.165, 1.54) is 19.3 Å². The van der Waals surface area contributed by atoms with E-state index >= 15 is 0 Å². The summed E-state index contributed by atoms with van der Waals surface area (Å²) in [6.45, 7) is 1.97. The number of hydrogen-bond donors (Lipinski definition) is 1. The summed E-state index contributed by atoms with van der Waals surface area (Å²) in [6, 6.07) is 6.21. The molecular formula is C16H20ClN5O2. The fourth-order valence-corrected chi connectivity index (χ4v) is 3.37. The molecule has 1 aliphatic carbocycles. The van der Waals surface area contributed by atoms with Crippen LogP contribution >= 0.6 is 11.6 Å². The van der Waals surface area contributed by atoms with Gasteiger partial charge in [0.1, 0.15) is 0 Å². The third-order valence-corrected chi connectivity index (χ3v) is 4.88. The lowest BCUT2D eigenvalue weighted by Gasteiger charge is -2.27. The molecule has 128 valence electrons. The third kappa shape index (κ3) is 3.36. The van der Waals surface area contributed by atoms with Crippen LogP contribution in [0.5, 0.6) is 0 Å². The zero-order valence-electron chi connectivity index (χ0n) is 13.5. The molecule has 1 amide bonds. The summed E-state index contributed by atoms with van der Waals surface area (Å²) in [6.07, 6.45) is 5.83. The third-order valence-electron chi connectivity index (χ3n) is 4.56. The molecule has 8 heteroatoms. The molecule has 1 atom stereocenters. The van der Waals surface area contributed by atoms with E-state index in [9.17, 15) is 9.59 Å². The quantitative estimate of drug-likeness (QED) is 0.863. The van der Waals surface area contributed by atoms with Gasteiger partial charge in [-0.2, -0.15) is 4.68 Å². The van der Waals surface area contributed by atoms with E-state index in [1.807, 2.05) is 6.92 Å². The van der Waals surface area contributed by atoms with Gasteiger partial charge in [0.05, 0.1) is 10.7 Å². The molecule has 0 spiro atoms. The van der Waals surface area contributed by atoms with E-state index < -0.39 is 11.7 Å². The van der Waals surface area contributed by atoms with Crippen LogP contribution in [0.2, 0.25) is 5.02 Å². The van der Waals surface area contributed by atoms with Crippen LogP contribution in [0.25, 0.3) is 5.69 Å². The summed E-state index contributed by atoms with van der Waals surface area (Å²) in [5, 5.41) is 10.7. The molecule has 0 bridgehead atoms. The van der Waals surface area contributed by atoms with Crippen molar-refractivity contribution >= 4 is 17.6 Å². The van der Waals surface area contributed by atoms with Crippen molar-refractivity contribution < 1.29 is 4.79 Å². The number of tetrazole rings is 1. The Hall–Kier alpha value is -2.15. The molecule has 0 aliphatic heterocycles. The fraction of sp³-hybridized carbons (Fsp3) is 0.500. The Morgan fingerprint density at radius 3 is 2.67 bits per heavy atom. The number of benzene rings is 1. The maximum Gasteiger partial charge on any atom is 0.377 e. The van der Waals surface area contributed by atoms with E-state index in [0.717, 1.165) is 22.2 Å². The first kappa shape index (κ1) is 16.7. The molecule has 1 heterocycles. The Bertz CT molecular complexity index is 779. The van der Waals surface area contributed by atoms with Crippen LogP contribution in [-0.2, 0) is 0 Å². The molecule has 2 aromatic rings. The van der Waals surface area contributed by atoms with Gasteiger partial charge in [-0.1, -0.05) is 43.0 Å². The Morgan fingerprint density at radius 1 is 1.25 bits per heavy atom. The van der Waals surface area contributed by atoms with Crippen molar-refractivity contribution in [3.8, 4) is 5.69 Å². The predicted molar refractivity (Wildman–Crippen MR) is 90.6 cm³/mol. The van der Waals surface area contributed by atoms with Gasteiger partial charge in [-0.05, 0) is 48.2 Å². The SMILES string of the molecule is CC(NC(=O)n1nnn(-c2ccccc2Cl)c1=O)C1CCCCC1. The average Bonchev–Trinajstić information content (AvgIpc) is 2.97. The van der Waals surface area contributed by atoms with Gasteiger partial charge < -0.3 is 5.32 Å². The van der Waals surface area contributed by atoms with Gasteiger partial charge in [-0.25, -0.2) is 9.59 Å². The van der Waals surface area contributed by atoms with Crippen molar-refractivity contribution in [1.82, 2.24) is 25.1 Å². The van der Waals surface area contributed by atoms with Crippen LogP contribution in [0.3, 0.4) is 0 Å². The Balaban J connectivity index is 1.77. The molecule has 0 radical (unpaired) electrons. The Kier molecular flexibility index (Phi) is 4.99. The minimum absolute atomic E-state index is 0.00448. The van der Waals surface area contributed by atoms with E-state index in [1.54, 1.807) is 24.3 Å². The largest absolute Gasteiger partial charge is 0.377 e. The Morgan fingerprint density at radius 2 is 1.96 bits per heavy atom. The number of hydrogen-bond acceptors (Lipinski definition) is 4. The summed E-state index contributed by atoms with van der Waals surface area (Å²) < 4.78 is 1.76. The van der Waals surface area contributed by atoms with Crippen molar-refractivity contribution in [2.24, 2.45) is 5.92 Å². The number of rotatable bonds is 3. The topological polar surface area (TPSA) is 81.8 Å². The first-order chi connectivity index (χ1) is 11.6. The maximum atomic E-state index is 12.4. The molecule has 1 unspecified atom stereocenters. The predicted octanol–water partition coefficient (Wildman–Crippen LogP) is 2.61. The highest BCUT2D eigenvalue weighted by molar-refractivity contribution is 6.32. The van der Waals surface area contributed by atoms with Crippen LogP contribution in [-0.4, -0.2) is 31.9 Å². The van der Waals surface area contributed by atoms with E-state index in [0.29, 0.717) is 16.6 Å². The number of halogens is 1. The van der Waals surface area contributed by atoms with Gasteiger partial charge in [0.15, 0.2) is 0 Å². The first-order valence-corrected chi connectivity index (χ1v) is 8.56. The van der Waals surface area contributed by atoms with Gasteiger partial charge in [0, 0.05) is 6.04 Å². The van der Waals surface area contributed by atoms with Gasteiger partial charge in [-0.15, -0.1) is 4.68 Å². The number of carbonyl (C=O) groups excluding carboxylic acids is 1. The van der Waals surface area contributed by atoms with Gasteiger partial charge in [0.25, 0.3) is 0 Å². The number of para-hydroxylation sites is 1. The number of amides is 1. The van der Waals surface area contributed by atoms with Crippen LogP contribution in [0.4, 0.5) is 4.79 Å². The van der Waals surface area contributed by atoms with Crippen LogP contribution in [0, 0.1) is 5.92 Å². The molecule has 24 heavy (non-hydrogen) atoms. The highest BCUT2D eigenvalue weighted by atomic mass is 35.5. The second-order valence-corrected chi connectivity index (χ2v) is 6.58. The molecule has 1 fully saturated rings. The molecule has 7 nitrogen and oxygen atoms in total. The second-order valence-electron chi connectivity index (χ2n) is 6.17. The highest BCUT2D eigenvalue weighted by Gasteiger charge is 2.24. The number of aromatic nitrogens is 4. The zero-order chi connectivity index (χ0) is 17.1. The zero-order valence-corrected chi connectivity index (χ0v) is 14.2. The van der Waals surface area contributed by atoms with Crippen LogP contribution in [0.15, 0.2) is 29.1 Å². The van der Waals surface area contributed by atoms with E-state index in [-0.39, 0.29) is 6.04 Å². The summed E-state index contributed by atoms with van der Waals surface area (Å²) in [7, 11) is 0. The second kappa shape index (κ2) is 7.17. The van der Waals surface area contributed by atoms with E-state index in [2.05, 4.69) is 15.7 Å². The van der Waals surface area contributed by atoms with Crippen molar-refractivity contribution in [3.05, 3.63) is 39.8 Å². The van der Waals surface area contributed by atoms with E-state index in [4.69, 9.17) is 11.6 Å². The first-order valence-electron chi connectivity index (χ1n) is 8.18. The lowest BCUT2D eigenvalue weighted by molar-refractivity contribution is 0.222. The summed E-state index contributed by atoms with van der Waals surface area (Å²) in [5.41, 5.74) is -0.250. The lowest BCUT2D eigenvalue weighted by Crippen LogP contribution is -2.44. The smallest absolute Gasteiger partial charge is 0.333 e. The van der Waals surface area contributed by atoms with Crippen molar-refractivity contribution in [1.29, 1.82) is 0 Å². The van der Waals surface area contributed by atoms with Crippen molar-refractivity contribution in [2.75, 3.05) is 0 Å². The monoisotopic (exact) mass is 349 g/mol. The van der Waals surface area contributed by atoms with Crippen molar-refractivity contribution in [3.63, 3.8) is 0 Å². The number of nitrogens with one attached hydrogen (secondary N) is 1. The molecule has 3 rings (SSSR count). The van der Waals surface area contributed by atoms with Gasteiger partial charge in [0.2, 0.25) is 0 Å². The molecule has 1 aromatic carbocycles. The minimum Gasteiger partial charge on any atom is -0.333 e. The molecule has 1 aliphatic rings. The summed E-state index contributed by atoms with van der Waals surface area (Å²) in [5.74, 6) is 0.442. The van der Waals surface area contributed by atoms with Crippen molar-refractivity contribution in [2.45, 2.75) is 45.1 Å². The maximum absolute atomic E-state index is 12.4. The normalized spacial score (nSPS) is 16.8. The molecular weight excluding hydrogens is 330 g/mol. The minimum atomic E-state index is -0.642. The molecule has 1 aromatic heterocycles. The summed E-state index contributed by atoms with van der Waals surface area (Å²) in [4.78, 5) is 24.8. The fourth-order valence-electron chi connectivity index (χ4n) is 3.16. The average molecular weight is 350 g/mol. The number of carbonyl (C=O) groups is 1. The van der Waals surface area contributed by atoms with Crippen LogP contribution < -0.4 is 11.0 Å². The molecule has 0 saturated heterocycles. The van der Waals surface area contributed by atoms with Gasteiger partial charge in [-0.3, -0.25) is 0 Å². The standard InChI is InChI=1S/C16H20ClN5O2/c1-11(12-7-3-2-4-8-12)18-15(23)22-16(24)21(19-20-22)14-10-6-5-9-13(14)17/h5-6,9-12H,2-4,7-8H2,1H3,(H,18,23). The Labute approximate surface area is 144 Å². The summed E-state index contributed by atoms with van der Waals surface area (Å²) >= 11 is 6.07. The van der Waals surface area contributed by atoms with Gasteiger partial charge >= 0.3 is 11.7 Å². The highest BCUT2D eigenvalue weighted by Crippen LogP contribution is 2.26.